The predicted octanol–water partition coefficient (Wildman–Crippen LogP) is -0.175. The molecule has 10 heteroatoms. The molecule has 0 fully saturated rings. The third kappa shape index (κ3) is 5.15. The van der Waals surface area contributed by atoms with Gasteiger partial charge in [-0.25, -0.2) is 0 Å². The van der Waals surface area contributed by atoms with Crippen molar-refractivity contribution < 1.29 is 28.7 Å². The lowest BCUT2D eigenvalue weighted by atomic mass is 10.00. The number of methoxy groups -OCH3 is 1. The second-order valence-corrected chi connectivity index (χ2v) is 8.67. The Morgan fingerprint density at radius 3 is 2.52 bits per heavy atom. The number of anilines is 1. The first-order valence-electron chi connectivity index (χ1n) is 11.0. The molecule has 3 N–H and O–H groups in total. The van der Waals surface area contributed by atoms with Gasteiger partial charge in [0.1, 0.15) is 24.7 Å². The third-order valence-corrected chi connectivity index (χ3v) is 5.97. The molecule has 178 valence electrons. The van der Waals surface area contributed by atoms with Crippen molar-refractivity contribution in [3.05, 3.63) is 29.3 Å². The standard InChI is InChI=1S/C23H30N4O6/c1-12(2)19(25-13(3)28)22(31)26-16-9-8-14-6-5-7-15-10-17(27(20(14)15)23(16)32)21(30)24-11-18(29)33-4/h5-7,12,16-17,19H,8-11H2,1-4H3,(H,24,30)(H,25,28)(H,26,31)/t16-,17-,19-/m0/s1. The van der Waals surface area contributed by atoms with Gasteiger partial charge in [0.25, 0.3) is 0 Å². The lowest BCUT2D eigenvalue weighted by Gasteiger charge is -2.29. The Hall–Kier alpha value is -3.43. The predicted molar refractivity (Wildman–Crippen MR) is 119 cm³/mol. The van der Waals surface area contributed by atoms with E-state index in [1.165, 1.54) is 18.9 Å². The number of nitrogens with zero attached hydrogens (tertiary/aromatic N) is 1. The van der Waals surface area contributed by atoms with Crippen molar-refractivity contribution in [3.63, 3.8) is 0 Å². The van der Waals surface area contributed by atoms with E-state index < -0.39 is 41.8 Å². The summed E-state index contributed by atoms with van der Waals surface area (Å²) in [6, 6.07) is 3.18. The number of ether oxygens (including phenoxy) is 1. The Kier molecular flexibility index (Phi) is 7.35. The number of amides is 4. The minimum absolute atomic E-state index is 0.179. The number of carbonyl (C=O) groups is 5. The van der Waals surface area contributed by atoms with Crippen LogP contribution in [-0.4, -0.2) is 61.4 Å². The fraction of sp³-hybridized carbons (Fsp3) is 0.522. The monoisotopic (exact) mass is 458 g/mol. The van der Waals surface area contributed by atoms with Crippen molar-refractivity contribution in [2.75, 3.05) is 18.6 Å². The highest BCUT2D eigenvalue weighted by molar-refractivity contribution is 6.08. The lowest BCUT2D eigenvalue weighted by molar-refractivity contribution is -0.141. The van der Waals surface area contributed by atoms with Crippen LogP contribution in [0.5, 0.6) is 0 Å². The number of benzene rings is 1. The van der Waals surface area contributed by atoms with Crippen LogP contribution in [-0.2, 0) is 41.6 Å². The minimum atomic E-state index is -0.859. The highest BCUT2D eigenvalue weighted by Gasteiger charge is 2.44. The maximum absolute atomic E-state index is 13.6. The van der Waals surface area contributed by atoms with E-state index in [-0.39, 0.29) is 18.4 Å². The zero-order valence-corrected chi connectivity index (χ0v) is 19.3. The molecule has 3 rings (SSSR count). The Bertz CT molecular complexity index is 976. The fourth-order valence-electron chi connectivity index (χ4n) is 4.34. The average molecular weight is 459 g/mol. The van der Waals surface area contributed by atoms with E-state index in [9.17, 15) is 24.0 Å². The zero-order valence-electron chi connectivity index (χ0n) is 19.3. The lowest BCUT2D eigenvalue weighted by Crippen LogP contribution is -2.58. The summed E-state index contributed by atoms with van der Waals surface area (Å²) >= 11 is 0. The van der Waals surface area contributed by atoms with E-state index in [4.69, 9.17) is 0 Å². The van der Waals surface area contributed by atoms with Crippen LogP contribution in [0.25, 0.3) is 0 Å². The highest BCUT2D eigenvalue weighted by Crippen LogP contribution is 2.39. The summed E-state index contributed by atoms with van der Waals surface area (Å²) in [7, 11) is 1.23. The van der Waals surface area contributed by atoms with Crippen molar-refractivity contribution in [1.29, 1.82) is 0 Å². The molecule has 10 nitrogen and oxygen atoms in total. The molecule has 0 unspecified atom stereocenters. The molecule has 4 amide bonds. The molecule has 0 bridgehead atoms. The molecular weight excluding hydrogens is 428 g/mol. The van der Waals surface area contributed by atoms with Gasteiger partial charge in [-0.2, -0.15) is 0 Å². The Morgan fingerprint density at radius 1 is 1.18 bits per heavy atom. The SMILES string of the molecule is COC(=O)CNC(=O)[C@@H]1Cc2cccc3c2N1C(=O)[C@@H](NC(=O)[C@@H](NC(C)=O)C(C)C)CC3. The first-order valence-corrected chi connectivity index (χ1v) is 11.0. The van der Waals surface area contributed by atoms with Gasteiger partial charge in [0, 0.05) is 13.3 Å². The number of nitrogens with one attached hydrogen (secondary N) is 3. The second kappa shape index (κ2) is 10.0. The number of hydrogen-bond donors (Lipinski definition) is 3. The molecule has 2 aliphatic rings. The number of hydrogen-bond acceptors (Lipinski definition) is 6. The van der Waals surface area contributed by atoms with Crippen LogP contribution in [0, 0.1) is 5.92 Å². The topological polar surface area (TPSA) is 134 Å². The van der Waals surface area contributed by atoms with Gasteiger partial charge in [-0.3, -0.25) is 28.9 Å². The first-order chi connectivity index (χ1) is 15.6. The van der Waals surface area contributed by atoms with E-state index in [1.807, 2.05) is 18.2 Å². The second-order valence-electron chi connectivity index (χ2n) is 8.67. The van der Waals surface area contributed by atoms with Gasteiger partial charge in [-0.05, 0) is 29.9 Å². The summed E-state index contributed by atoms with van der Waals surface area (Å²) < 4.78 is 4.57. The number of aryl methyl sites for hydroxylation is 1. The molecule has 2 aliphatic heterocycles. The molecule has 2 heterocycles. The fourth-order valence-corrected chi connectivity index (χ4v) is 4.34. The van der Waals surface area contributed by atoms with Crippen molar-refractivity contribution in [3.8, 4) is 0 Å². The van der Waals surface area contributed by atoms with Gasteiger partial charge in [-0.15, -0.1) is 0 Å². The minimum Gasteiger partial charge on any atom is -0.468 e. The van der Waals surface area contributed by atoms with Crippen molar-refractivity contribution in [2.24, 2.45) is 5.92 Å². The van der Waals surface area contributed by atoms with E-state index in [2.05, 4.69) is 20.7 Å². The molecule has 1 aromatic rings. The summed E-state index contributed by atoms with van der Waals surface area (Å²) in [5.41, 5.74) is 2.48. The van der Waals surface area contributed by atoms with Crippen LogP contribution in [0.1, 0.15) is 38.3 Å². The maximum Gasteiger partial charge on any atom is 0.325 e. The summed E-state index contributed by atoms with van der Waals surface area (Å²) in [4.78, 5) is 63.8. The van der Waals surface area contributed by atoms with Gasteiger partial charge in [0.05, 0.1) is 12.8 Å². The van der Waals surface area contributed by atoms with E-state index >= 15 is 0 Å². The van der Waals surface area contributed by atoms with Gasteiger partial charge >= 0.3 is 5.97 Å². The Labute approximate surface area is 192 Å². The molecule has 1 aromatic carbocycles. The molecular formula is C23H30N4O6. The van der Waals surface area contributed by atoms with Gasteiger partial charge in [0.15, 0.2) is 0 Å². The maximum atomic E-state index is 13.6. The molecule has 0 radical (unpaired) electrons. The number of esters is 1. The third-order valence-electron chi connectivity index (χ3n) is 5.97. The number of carbonyl (C=O) groups excluding carboxylic acids is 5. The largest absolute Gasteiger partial charge is 0.468 e. The Morgan fingerprint density at radius 2 is 1.88 bits per heavy atom. The smallest absolute Gasteiger partial charge is 0.325 e. The van der Waals surface area contributed by atoms with Gasteiger partial charge < -0.3 is 20.7 Å². The van der Waals surface area contributed by atoms with Gasteiger partial charge in [0.2, 0.25) is 23.6 Å². The van der Waals surface area contributed by atoms with Crippen LogP contribution in [0.3, 0.4) is 0 Å². The zero-order chi connectivity index (χ0) is 24.3. The van der Waals surface area contributed by atoms with Crippen LogP contribution < -0.4 is 20.9 Å². The van der Waals surface area contributed by atoms with Crippen molar-refractivity contribution in [1.82, 2.24) is 16.0 Å². The molecule has 0 saturated carbocycles. The van der Waals surface area contributed by atoms with Gasteiger partial charge in [-0.1, -0.05) is 32.0 Å². The van der Waals surface area contributed by atoms with Crippen LogP contribution in [0.2, 0.25) is 0 Å². The van der Waals surface area contributed by atoms with Crippen LogP contribution in [0.15, 0.2) is 18.2 Å². The molecule has 0 saturated heterocycles. The van der Waals surface area contributed by atoms with Crippen molar-refractivity contribution >= 4 is 35.3 Å². The first kappa shape index (κ1) is 24.2. The summed E-state index contributed by atoms with van der Waals surface area (Å²) in [6.07, 6.45) is 1.21. The van der Waals surface area contributed by atoms with Crippen LogP contribution >= 0.6 is 0 Å². The molecule has 3 atom stereocenters. The number of para-hydroxylation sites is 1. The summed E-state index contributed by atoms with van der Waals surface area (Å²) in [5.74, 6) is -2.42. The van der Waals surface area contributed by atoms with Crippen molar-refractivity contribution in [2.45, 2.75) is 58.2 Å². The average Bonchev–Trinajstić information content (AvgIpc) is 3.11. The molecule has 0 aromatic heterocycles. The molecule has 33 heavy (non-hydrogen) atoms. The summed E-state index contributed by atoms with van der Waals surface area (Å²) in [6.45, 7) is 4.64. The Balaban J connectivity index is 1.85. The number of rotatable bonds is 7. The normalized spacial score (nSPS) is 19.9. The summed E-state index contributed by atoms with van der Waals surface area (Å²) in [5, 5.41) is 7.94. The highest BCUT2D eigenvalue weighted by atomic mass is 16.5. The molecule has 0 aliphatic carbocycles. The van der Waals surface area contributed by atoms with E-state index in [1.54, 1.807) is 13.8 Å². The van der Waals surface area contributed by atoms with Crippen LogP contribution in [0.4, 0.5) is 5.69 Å². The van der Waals surface area contributed by atoms with E-state index in [0.717, 1.165) is 11.1 Å². The molecule has 0 spiro atoms. The quantitative estimate of drug-likeness (QED) is 0.486. The van der Waals surface area contributed by atoms with E-state index in [0.29, 0.717) is 24.9 Å².